The molecule has 0 amide bonds. The quantitative estimate of drug-likeness (QED) is 0.805. The van der Waals surface area contributed by atoms with Gasteiger partial charge in [-0.3, -0.25) is 4.79 Å². The summed E-state index contributed by atoms with van der Waals surface area (Å²) >= 11 is 0. The van der Waals surface area contributed by atoms with Crippen molar-refractivity contribution < 1.29 is 23.8 Å². The monoisotopic (exact) mass is 293 g/mol. The Hall–Kier alpha value is -2.54. The summed E-state index contributed by atoms with van der Waals surface area (Å²) in [5.41, 5.74) is 4.64. The lowest BCUT2D eigenvalue weighted by Gasteiger charge is -2.08. The molecule has 3 N–H and O–H groups in total. The first-order chi connectivity index (χ1) is 9.92. The molecular formula is C14H15NO6. The number of fused-ring (bicyclic) bond motifs is 1. The van der Waals surface area contributed by atoms with E-state index in [4.69, 9.17) is 19.6 Å². The Balaban J connectivity index is 2.39. The number of benzene rings is 1. The molecule has 0 radical (unpaired) electrons. The fourth-order valence-electron chi connectivity index (χ4n) is 1.79. The van der Waals surface area contributed by atoms with Crippen LogP contribution in [0.15, 0.2) is 27.4 Å². The third-order valence-electron chi connectivity index (χ3n) is 2.83. The van der Waals surface area contributed by atoms with Gasteiger partial charge in [0.05, 0.1) is 7.11 Å². The topological polar surface area (TPSA) is 112 Å². The number of esters is 1. The van der Waals surface area contributed by atoms with Crippen LogP contribution in [0.25, 0.3) is 10.8 Å². The first-order valence-electron chi connectivity index (χ1n) is 6.18. The van der Waals surface area contributed by atoms with Crippen molar-refractivity contribution in [3.63, 3.8) is 0 Å². The van der Waals surface area contributed by atoms with E-state index in [1.807, 2.05) is 0 Å². The van der Waals surface area contributed by atoms with Gasteiger partial charge in [-0.1, -0.05) is 0 Å². The summed E-state index contributed by atoms with van der Waals surface area (Å²) in [4.78, 5) is 23.2. The number of hydrogen-bond acceptors (Lipinski definition) is 7. The third-order valence-corrected chi connectivity index (χ3v) is 2.83. The van der Waals surface area contributed by atoms with E-state index in [0.717, 1.165) is 0 Å². The molecule has 0 aliphatic rings. The molecule has 7 heteroatoms. The van der Waals surface area contributed by atoms with Crippen LogP contribution in [0.1, 0.15) is 12.7 Å². The molecular weight excluding hydrogens is 278 g/mol. The van der Waals surface area contributed by atoms with Gasteiger partial charge < -0.3 is 24.7 Å². The summed E-state index contributed by atoms with van der Waals surface area (Å²) in [6, 6.07) is 3.62. The zero-order chi connectivity index (χ0) is 15.6. The first kappa shape index (κ1) is 14.9. The molecule has 1 aromatic heterocycles. The SMILES string of the molecule is COc1cc(O)c2c(=O)oc(COC(=O)C(C)N)cc2c1. The zero-order valence-corrected chi connectivity index (χ0v) is 11.6. The summed E-state index contributed by atoms with van der Waals surface area (Å²) < 4.78 is 14.9. The molecule has 1 aromatic carbocycles. The highest BCUT2D eigenvalue weighted by Gasteiger charge is 2.13. The minimum atomic E-state index is -0.763. The second kappa shape index (κ2) is 5.84. The van der Waals surface area contributed by atoms with Gasteiger partial charge in [0.15, 0.2) is 0 Å². The maximum atomic E-state index is 11.9. The number of carbonyl (C=O) groups is 1. The number of ether oxygens (including phenoxy) is 2. The van der Waals surface area contributed by atoms with Crippen molar-refractivity contribution >= 4 is 16.7 Å². The molecule has 1 heterocycles. The van der Waals surface area contributed by atoms with Crippen LogP contribution in [0.5, 0.6) is 11.5 Å². The first-order valence-corrected chi connectivity index (χ1v) is 6.18. The van der Waals surface area contributed by atoms with Crippen molar-refractivity contribution in [1.29, 1.82) is 0 Å². The van der Waals surface area contributed by atoms with Crippen molar-refractivity contribution in [2.75, 3.05) is 7.11 Å². The molecule has 0 spiro atoms. The van der Waals surface area contributed by atoms with Crippen LogP contribution in [-0.4, -0.2) is 24.2 Å². The van der Waals surface area contributed by atoms with Gasteiger partial charge in [-0.15, -0.1) is 0 Å². The maximum Gasteiger partial charge on any atom is 0.347 e. The second-order valence-corrected chi connectivity index (χ2v) is 4.51. The minimum Gasteiger partial charge on any atom is -0.507 e. The lowest BCUT2D eigenvalue weighted by Crippen LogP contribution is -2.28. The normalized spacial score (nSPS) is 12.1. The van der Waals surface area contributed by atoms with E-state index >= 15 is 0 Å². The molecule has 0 fully saturated rings. The standard InChI is InChI=1S/C14H15NO6/c1-7(15)13(17)20-6-10-4-8-3-9(19-2)5-11(16)12(8)14(18)21-10/h3-5,7,16H,6,15H2,1-2H3. The van der Waals surface area contributed by atoms with Gasteiger partial charge in [-0.25, -0.2) is 4.79 Å². The lowest BCUT2D eigenvalue weighted by molar-refractivity contribution is -0.146. The van der Waals surface area contributed by atoms with Gasteiger partial charge in [0.1, 0.15) is 35.3 Å². The highest BCUT2D eigenvalue weighted by molar-refractivity contribution is 5.88. The molecule has 0 aliphatic heterocycles. The molecule has 1 atom stereocenters. The van der Waals surface area contributed by atoms with Crippen LogP contribution in [0.3, 0.4) is 0 Å². The average Bonchev–Trinajstić information content (AvgIpc) is 2.43. The van der Waals surface area contributed by atoms with Crippen molar-refractivity contribution in [2.45, 2.75) is 19.6 Å². The Morgan fingerprint density at radius 1 is 1.43 bits per heavy atom. The van der Waals surface area contributed by atoms with Crippen LogP contribution in [0.4, 0.5) is 0 Å². The van der Waals surface area contributed by atoms with Crippen LogP contribution >= 0.6 is 0 Å². The van der Waals surface area contributed by atoms with E-state index < -0.39 is 17.6 Å². The van der Waals surface area contributed by atoms with Gasteiger partial charge in [-0.2, -0.15) is 0 Å². The Morgan fingerprint density at radius 3 is 2.76 bits per heavy atom. The number of hydrogen-bond donors (Lipinski definition) is 2. The van der Waals surface area contributed by atoms with Crippen molar-refractivity contribution in [2.24, 2.45) is 5.73 Å². The van der Waals surface area contributed by atoms with Crippen LogP contribution in [0.2, 0.25) is 0 Å². The number of aromatic hydroxyl groups is 1. The molecule has 21 heavy (non-hydrogen) atoms. The summed E-state index contributed by atoms with van der Waals surface area (Å²) in [6.07, 6.45) is 0. The summed E-state index contributed by atoms with van der Waals surface area (Å²) in [5.74, 6) is -0.304. The molecule has 0 aliphatic carbocycles. The van der Waals surface area contributed by atoms with Gasteiger partial charge in [0.25, 0.3) is 0 Å². The highest BCUT2D eigenvalue weighted by atomic mass is 16.5. The number of phenolic OH excluding ortho intramolecular Hbond substituents is 1. The fourth-order valence-corrected chi connectivity index (χ4v) is 1.79. The molecule has 0 saturated heterocycles. The van der Waals surface area contributed by atoms with E-state index in [2.05, 4.69) is 0 Å². The van der Waals surface area contributed by atoms with Crippen molar-refractivity contribution in [1.82, 2.24) is 0 Å². The highest BCUT2D eigenvalue weighted by Crippen LogP contribution is 2.28. The predicted molar refractivity (Wildman–Crippen MR) is 74.1 cm³/mol. The molecule has 0 saturated carbocycles. The van der Waals surface area contributed by atoms with Crippen LogP contribution in [0, 0.1) is 0 Å². The Kier molecular flexibility index (Phi) is 4.13. The van der Waals surface area contributed by atoms with E-state index in [-0.39, 0.29) is 23.5 Å². The predicted octanol–water partition coefficient (Wildman–Crippen LogP) is 0.898. The second-order valence-electron chi connectivity index (χ2n) is 4.51. The number of rotatable bonds is 4. The Labute approximate surface area is 119 Å². The van der Waals surface area contributed by atoms with Gasteiger partial charge >= 0.3 is 11.6 Å². The largest absolute Gasteiger partial charge is 0.507 e. The molecule has 0 bridgehead atoms. The number of nitrogens with two attached hydrogens (primary N) is 1. The Bertz CT molecular complexity index is 734. The smallest absolute Gasteiger partial charge is 0.347 e. The maximum absolute atomic E-state index is 11.9. The van der Waals surface area contributed by atoms with Gasteiger partial charge in [-0.05, 0) is 24.4 Å². The third kappa shape index (κ3) is 3.14. The Morgan fingerprint density at radius 2 is 2.14 bits per heavy atom. The van der Waals surface area contributed by atoms with Crippen molar-refractivity contribution in [3.8, 4) is 11.5 Å². The molecule has 1 unspecified atom stereocenters. The molecule has 7 nitrogen and oxygen atoms in total. The van der Waals surface area contributed by atoms with Crippen LogP contribution in [-0.2, 0) is 16.1 Å². The van der Waals surface area contributed by atoms with Gasteiger partial charge in [0.2, 0.25) is 0 Å². The van der Waals surface area contributed by atoms with Crippen molar-refractivity contribution in [3.05, 3.63) is 34.4 Å². The fraction of sp³-hybridized carbons (Fsp3) is 0.286. The summed E-state index contributed by atoms with van der Waals surface area (Å²) in [6.45, 7) is 1.27. The van der Waals surface area contributed by atoms with Gasteiger partial charge in [0, 0.05) is 6.07 Å². The summed E-state index contributed by atoms with van der Waals surface area (Å²) in [5, 5.41) is 10.3. The number of carbonyl (C=O) groups excluding carboxylic acids is 1. The summed E-state index contributed by atoms with van der Waals surface area (Å²) in [7, 11) is 1.44. The van der Waals surface area contributed by atoms with E-state index in [1.54, 1.807) is 6.07 Å². The molecule has 112 valence electrons. The zero-order valence-electron chi connectivity index (χ0n) is 11.6. The molecule has 2 rings (SSSR count). The van der Waals surface area contributed by atoms with E-state index in [1.165, 1.54) is 26.2 Å². The van der Waals surface area contributed by atoms with Crippen LogP contribution < -0.4 is 16.1 Å². The minimum absolute atomic E-state index is 0.0399. The molecule has 2 aromatic rings. The average molecular weight is 293 g/mol. The number of methoxy groups -OCH3 is 1. The number of phenols is 1. The van der Waals surface area contributed by atoms with E-state index in [0.29, 0.717) is 11.1 Å². The van der Waals surface area contributed by atoms with E-state index in [9.17, 15) is 14.7 Å². The lowest BCUT2D eigenvalue weighted by atomic mass is 10.1.